The Kier molecular flexibility index (Phi) is 3.36. The van der Waals surface area contributed by atoms with Gasteiger partial charge in [-0.3, -0.25) is 0 Å². The van der Waals surface area contributed by atoms with Crippen molar-refractivity contribution >= 4 is 5.69 Å². The summed E-state index contributed by atoms with van der Waals surface area (Å²) in [5.74, 6) is -0.368. The normalized spacial score (nSPS) is 19.9. The minimum atomic E-state index is -0.368. The molecule has 1 aliphatic carbocycles. The van der Waals surface area contributed by atoms with Crippen LogP contribution in [0.4, 0.5) is 10.1 Å². The van der Waals surface area contributed by atoms with E-state index in [1.165, 1.54) is 6.07 Å². The van der Waals surface area contributed by atoms with E-state index in [0.717, 1.165) is 17.5 Å². The van der Waals surface area contributed by atoms with Gasteiger partial charge in [-0.25, -0.2) is 4.39 Å². The van der Waals surface area contributed by atoms with Crippen LogP contribution in [0, 0.1) is 24.1 Å². The predicted octanol–water partition coefficient (Wildman–Crippen LogP) is 3.56. The Balaban J connectivity index is 1.96. The molecule has 0 aliphatic heterocycles. The first-order chi connectivity index (χ1) is 10.1. The summed E-state index contributed by atoms with van der Waals surface area (Å²) in [4.78, 5) is 0. The third-order valence-corrected chi connectivity index (χ3v) is 4.06. The van der Waals surface area contributed by atoms with Crippen molar-refractivity contribution in [3.8, 4) is 6.07 Å². The highest BCUT2D eigenvalue weighted by molar-refractivity contribution is 5.58. The summed E-state index contributed by atoms with van der Waals surface area (Å²) in [7, 11) is 0. The third-order valence-electron chi connectivity index (χ3n) is 4.06. The minimum absolute atomic E-state index is 0.0111. The van der Waals surface area contributed by atoms with Gasteiger partial charge in [0.1, 0.15) is 5.82 Å². The molecule has 0 amide bonds. The van der Waals surface area contributed by atoms with Gasteiger partial charge in [0, 0.05) is 17.3 Å². The van der Waals surface area contributed by atoms with Crippen molar-refractivity contribution in [2.75, 3.05) is 5.32 Å². The lowest BCUT2D eigenvalue weighted by molar-refractivity contribution is 0.615. The molecule has 0 saturated heterocycles. The molecule has 0 heterocycles. The standard InChI is InChI=1S/C17H16FN3/c1-10-14(18)6-11(9-19)7-16(10)21-17-8-15(20)12-4-2-3-5-13(12)17/h2-7,15,17,21H,8,20H2,1H3. The molecule has 0 saturated carbocycles. The van der Waals surface area contributed by atoms with Gasteiger partial charge in [-0.15, -0.1) is 0 Å². The molecule has 0 spiro atoms. The Morgan fingerprint density at radius 2 is 2.00 bits per heavy atom. The van der Waals surface area contributed by atoms with Crippen molar-refractivity contribution in [1.82, 2.24) is 0 Å². The lowest BCUT2D eigenvalue weighted by Crippen LogP contribution is -2.11. The van der Waals surface area contributed by atoms with E-state index in [1.807, 2.05) is 30.3 Å². The second-order valence-electron chi connectivity index (χ2n) is 5.41. The number of fused-ring (bicyclic) bond motifs is 1. The molecule has 2 unspecified atom stereocenters. The molecule has 0 radical (unpaired) electrons. The van der Waals surface area contributed by atoms with E-state index in [9.17, 15) is 4.39 Å². The van der Waals surface area contributed by atoms with E-state index in [0.29, 0.717) is 16.8 Å². The molecule has 2 atom stereocenters. The first kappa shape index (κ1) is 13.6. The number of rotatable bonds is 2. The van der Waals surface area contributed by atoms with Crippen LogP contribution in [0.5, 0.6) is 0 Å². The average molecular weight is 281 g/mol. The van der Waals surface area contributed by atoms with Crippen LogP contribution in [0.25, 0.3) is 0 Å². The van der Waals surface area contributed by atoms with Crippen molar-refractivity contribution in [1.29, 1.82) is 5.26 Å². The second-order valence-corrected chi connectivity index (χ2v) is 5.41. The maximum absolute atomic E-state index is 13.9. The molecule has 3 N–H and O–H groups in total. The van der Waals surface area contributed by atoms with Crippen molar-refractivity contribution in [2.45, 2.75) is 25.4 Å². The van der Waals surface area contributed by atoms with Gasteiger partial charge in [0.2, 0.25) is 0 Å². The van der Waals surface area contributed by atoms with Crippen LogP contribution in [-0.4, -0.2) is 0 Å². The zero-order valence-electron chi connectivity index (χ0n) is 11.7. The molecular weight excluding hydrogens is 265 g/mol. The monoisotopic (exact) mass is 281 g/mol. The van der Waals surface area contributed by atoms with Crippen molar-refractivity contribution < 1.29 is 4.39 Å². The van der Waals surface area contributed by atoms with Gasteiger partial charge in [-0.05, 0) is 36.6 Å². The average Bonchev–Trinajstić information content (AvgIpc) is 2.80. The minimum Gasteiger partial charge on any atom is -0.378 e. The Bertz CT molecular complexity index is 733. The van der Waals surface area contributed by atoms with E-state index in [-0.39, 0.29) is 17.9 Å². The molecule has 1 aliphatic rings. The molecule has 0 fully saturated rings. The molecule has 0 bridgehead atoms. The molecular formula is C17H16FN3. The quantitative estimate of drug-likeness (QED) is 0.884. The van der Waals surface area contributed by atoms with Crippen LogP contribution < -0.4 is 11.1 Å². The van der Waals surface area contributed by atoms with Crippen LogP contribution in [0.15, 0.2) is 36.4 Å². The number of hydrogen-bond acceptors (Lipinski definition) is 3. The Hall–Kier alpha value is -2.38. The van der Waals surface area contributed by atoms with Crippen LogP contribution in [0.1, 0.15) is 40.8 Å². The molecule has 0 aromatic heterocycles. The SMILES string of the molecule is Cc1c(F)cc(C#N)cc1NC1CC(N)c2ccccc21. The zero-order valence-corrected chi connectivity index (χ0v) is 11.7. The number of hydrogen-bond donors (Lipinski definition) is 2. The maximum Gasteiger partial charge on any atom is 0.129 e. The van der Waals surface area contributed by atoms with Crippen LogP contribution in [-0.2, 0) is 0 Å². The Morgan fingerprint density at radius 3 is 2.71 bits per heavy atom. The number of nitrogens with two attached hydrogens (primary N) is 1. The fraction of sp³-hybridized carbons (Fsp3) is 0.235. The summed E-state index contributed by atoms with van der Waals surface area (Å²) in [5, 5.41) is 12.3. The Labute approximate surface area is 123 Å². The lowest BCUT2D eigenvalue weighted by Gasteiger charge is -2.18. The van der Waals surface area contributed by atoms with E-state index in [4.69, 9.17) is 11.0 Å². The molecule has 21 heavy (non-hydrogen) atoms. The summed E-state index contributed by atoms with van der Waals surface area (Å²) >= 11 is 0. The lowest BCUT2D eigenvalue weighted by atomic mass is 10.1. The smallest absolute Gasteiger partial charge is 0.129 e. The summed E-state index contributed by atoms with van der Waals surface area (Å²) in [6, 6.07) is 13.0. The van der Waals surface area contributed by atoms with Gasteiger partial charge in [-0.2, -0.15) is 5.26 Å². The van der Waals surface area contributed by atoms with E-state index in [1.54, 1.807) is 13.0 Å². The Morgan fingerprint density at radius 1 is 1.29 bits per heavy atom. The topological polar surface area (TPSA) is 61.8 Å². The van der Waals surface area contributed by atoms with Crippen molar-refractivity contribution in [3.63, 3.8) is 0 Å². The van der Waals surface area contributed by atoms with Crippen molar-refractivity contribution in [3.05, 3.63) is 64.5 Å². The number of nitrogens with zero attached hydrogens (tertiary/aromatic N) is 1. The van der Waals surface area contributed by atoms with Gasteiger partial charge >= 0.3 is 0 Å². The number of halogens is 1. The van der Waals surface area contributed by atoms with Crippen LogP contribution in [0.2, 0.25) is 0 Å². The molecule has 4 heteroatoms. The highest BCUT2D eigenvalue weighted by atomic mass is 19.1. The summed E-state index contributed by atoms with van der Waals surface area (Å²) in [5.41, 5.74) is 9.91. The second kappa shape index (κ2) is 5.19. The highest BCUT2D eigenvalue weighted by Gasteiger charge is 2.28. The van der Waals surface area contributed by atoms with Crippen LogP contribution in [0.3, 0.4) is 0 Å². The number of nitriles is 1. The van der Waals surface area contributed by atoms with E-state index < -0.39 is 0 Å². The summed E-state index contributed by atoms with van der Waals surface area (Å²) in [6.07, 6.45) is 0.761. The van der Waals surface area contributed by atoms with Crippen LogP contribution >= 0.6 is 0 Å². The maximum atomic E-state index is 13.9. The number of benzene rings is 2. The van der Waals surface area contributed by atoms with E-state index >= 15 is 0 Å². The van der Waals surface area contributed by atoms with Gasteiger partial charge in [0.25, 0.3) is 0 Å². The zero-order chi connectivity index (χ0) is 15.0. The van der Waals surface area contributed by atoms with Gasteiger partial charge in [0.05, 0.1) is 17.7 Å². The summed E-state index contributed by atoms with van der Waals surface area (Å²) in [6.45, 7) is 1.71. The third kappa shape index (κ3) is 2.37. The molecule has 106 valence electrons. The van der Waals surface area contributed by atoms with Gasteiger partial charge < -0.3 is 11.1 Å². The van der Waals surface area contributed by atoms with Crippen molar-refractivity contribution in [2.24, 2.45) is 5.73 Å². The van der Waals surface area contributed by atoms with Gasteiger partial charge in [0.15, 0.2) is 0 Å². The predicted molar refractivity (Wildman–Crippen MR) is 80.2 cm³/mol. The number of nitrogens with one attached hydrogen (secondary N) is 1. The fourth-order valence-electron chi connectivity index (χ4n) is 2.89. The molecule has 2 aromatic carbocycles. The first-order valence-electron chi connectivity index (χ1n) is 6.91. The largest absolute Gasteiger partial charge is 0.378 e. The molecule has 3 nitrogen and oxygen atoms in total. The molecule has 3 rings (SSSR count). The van der Waals surface area contributed by atoms with Gasteiger partial charge in [-0.1, -0.05) is 24.3 Å². The molecule has 2 aromatic rings. The first-order valence-corrected chi connectivity index (χ1v) is 6.91. The summed E-state index contributed by atoms with van der Waals surface area (Å²) < 4.78 is 13.9. The number of anilines is 1. The highest BCUT2D eigenvalue weighted by Crippen LogP contribution is 2.39. The fourth-order valence-corrected chi connectivity index (χ4v) is 2.89. The van der Waals surface area contributed by atoms with E-state index in [2.05, 4.69) is 5.32 Å².